The molecule has 4 saturated carbocycles. The molecule has 77 heavy (non-hydrogen) atoms. The van der Waals surface area contributed by atoms with Gasteiger partial charge >= 0.3 is 5.97 Å². The number of fused-ring (bicyclic) bond motifs is 7. The van der Waals surface area contributed by atoms with Gasteiger partial charge in [0.05, 0.1) is 31.5 Å². The van der Waals surface area contributed by atoms with Crippen molar-refractivity contribution in [2.45, 2.75) is 248 Å². The molecule has 0 bridgehead atoms. The van der Waals surface area contributed by atoms with Gasteiger partial charge in [0.25, 0.3) is 0 Å². The van der Waals surface area contributed by atoms with Crippen LogP contribution in [0.25, 0.3) is 0 Å². The third-order valence-electron chi connectivity index (χ3n) is 21.7. The van der Waals surface area contributed by atoms with Gasteiger partial charge in [0.1, 0.15) is 85.5 Å². The van der Waals surface area contributed by atoms with E-state index in [-0.39, 0.29) is 46.0 Å². The van der Waals surface area contributed by atoms with Gasteiger partial charge in [-0.1, -0.05) is 60.1 Å². The molecule has 4 aliphatic heterocycles. The summed E-state index contributed by atoms with van der Waals surface area (Å²) in [6.07, 6.45) is -29.0. The van der Waals surface area contributed by atoms with Gasteiger partial charge in [-0.05, 0) is 110 Å². The minimum atomic E-state index is -2.14. The zero-order valence-corrected chi connectivity index (χ0v) is 45.4. The Kier molecular flexibility index (Phi) is 16.8. The van der Waals surface area contributed by atoms with Crippen LogP contribution >= 0.6 is 0 Å². The van der Waals surface area contributed by atoms with Gasteiger partial charge in [-0.15, -0.1) is 0 Å². The molecule has 23 heteroatoms. The molecule has 4 heterocycles. The van der Waals surface area contributed by atoms with Crippen molar-refractivity contribution in [1.82, 2.24) is 0 Å². The Morgan fingerprint density at radius 3 is 1.79 bits per heavy atom. The van der Waals surface area contributed by atoms with E-state index in [0.717, 1.165) is 38.5 Å². The Hall–Kier alpha value is -1.63. The van der Waals surface area contributed by atoms with Crippen LogP contribution in [0.3, 0.4) is 0 Å². The molecule has 30 atom stereocenters. The van der Waals surface area contributed by atoms with Crippen molar-refractivity contribution in [1.29, 1.82) is 0 Å². The first kappa shape index (κ1) is 60.0. The van der Waals surface area contributed by atoms with Crippen LogP contribution in [0.4, 0.5) is 0 Å². The lowest BCUT2D eigenvalue weighted by molar-refractivity contribution is -0.410. The second-order valence-corrected chi connectivity index (χ2v) is 26.4. The first-order valence-electron chi connectivity index (χ1n) is 27.8. The van der Waals surface area contributed by atoms with Crippen molar-refractivity contribution in [2.75, 3.05) is 19.8 Å². The summed E-state index contributed by atoms with van der Waals surface area (Å²) in [5.41, 5.74) is -0.440. The molecule has 5 aliphatic carbocycles. The van der Waals surface area contributed by atoms with Gasteiger partial charge in [-0.25, -0.2) is 4.79 Å². The molecule has 8 fully saturated rings. The number of aliphatic carboxylic acids is 1. The molecule has 23 nitrogen and oxygen atoms in total. The topological polar surface area (TPSA) is 374 Å². The van der Waals surface area contributed by atoms with E-state index in [9.17, 15) is 76.3 Å². The Morgan fingerprint density at radius 1 is 0.571 bits per heavy atom. The molecule has 0 amide bonds. The largest absolute Gasteiger partial charge is 0.479 e. The van der Waals surface area contributed by atoms with Crippen molar-refractivity contribution in [3.8, 4) is 0 Å². The van der Waals surface area contributed by atoms with Crippen LogP contribution in [0.5, 0.6) is 0 Å². The van der Waals surface area contributed by atoms with Crippen molar-refractivity contribution >= 4 is 5.97 Å². The van der Waals surface area contributed by atoms with Crippen LogP contribution in [-0.2, 0) is 42.7 Å². The number of rotatable bonds is 12. The fourth-order valence-electron chi connectivity index (χ4n) is 16.6. The maximum atomic E-state index is 12.7. The average molecular weight is 1110 g/mol. The van der Waals surface area contributed by atoms with Crippen LogP contribution in [0, 0.1) is 50.2 Å². The second kappa shape index (κ2) is 21.5. The molecule has 0 aromatic carbocycles. The number of ether oxygens (including phenoxy) is 8. The molecule has 0 aromatic heterocycles. The van der Waals surface area contributed by atoms with E-state index < -0.39 is 165 Å². The number of carbonyl (C=O) groups is 1. The summed E-state index contributed by atoms with van der Waals surface area (Å²) < 4.78 is 49.0. The summed E-state index contributed by atoms with van der Waals surface area (Å²) in [5, 5.41) is 153. The molecule has 0 unspecified atom stereocenters. The number of carboxylic acids is 1. The van der Waals surface area contributed by atoms with Crippen molar-refractivity contribution in [2.24, 2.45) is 50.2 Å². The second-order valence-electron chi connectivity index (χ2n) is 26.4. The first-order valence-corrected chi connectivity index (χ1v) is 27.8. The number of hydrogen-bond donors (Lipinski definition) is 14. The smallest absolute Gasteiger partial charge is 0.335 e. The molecule has 0 aromatic rings. The van der Waals surface area contributed by atoms with Crippen molar-refractivity contribution < 1.29 is 114 Å². The first-order chi connectivity index (χ1) is 36.0. The normalized spacial score (nSPS) is 55.7. The zero-order valence-electron chi connectivity index (χ0n) is 45.4. The van der Waals surface area contributed by atoms with Crippen molar-refractivity contribution in [3.63, 3.8) is 0 Å². The van der Waals surface area contributed by atoms with Crippen LogP contribution < -0.4 is 0 Å². The van der Waals surface area contributed by atoms with Gasteiger partial charge in [-0.3, -0.25) is 0 Å². The molecule has 14 N–H and O–H groups in total. The van der Waals surface area contributed by atoms with E-state index in [1.807, 2.05) is 0 Å². The van der Waals surface area contributed by atoms with Gasteiger partial charge in [0.15, 0.2) is 31.3 Å². The maximum absolute atomic E-state index is 12.7. The quantitative estimate of drug-likeness (QED) is 0.0783. The van der Waals surface area contributed by atoms with E-state index in [4.69, 9.17) is 37.9 Å². The summed E-state index contributed by atoms with van der Waals surface area (Å²) in [6, 6.07) is 0. The third-order valence-corrected chi connectivity index (χ3v) is 21.7. The van der Waals surface area contributed by atoms with E-state index in [2.05, 4.69) is 54.5 Å². The monoisotopic (exact) mass is 1100 g/mol. The molecule has 9 rings (SSSR count). The number of hydrogen-bond acceptors (Lipinski definition) is 22. The van der Waals surface area contributed by atoms with Gasteiger partial charge in [0.2, 0.25) is 0 Å². The Labute approximate surface area is 449 Å². The Bertz CT molecular complexity index is 2130. The van der Waals surface area contributed by atoms with E-state index in [0.29, 0.717) is 19.3 Å². The van der Waals surface area contributed by atoms with E-state index in [1.165, 1.54) is 12.5 Å². The minimum absolute atomic E-state index is 0.00783. The lowest BCUT2D eigenvalue weighted by Crippen LogP contribution is -2.69. The average Bonchev–Trinajstić information content (AvgIpc) is 3.38. The summed E-state index contributed by atoms with van der Waals surface area (Å²) in [6.45, 7) is 15.3. The fourth-order valence-corrected chi connectivity index (χ4v) is 16.6. The molecule has 4 saturated heterocycles. The predicted octanol–water partition coefficient (Wildman–Crippen LogP) is -1.47. The minimum Gasteiger partial charge on any atom is -0.479 e. The number of carboxylic acid groups (broad SMARTS) is 1. The maximum Gasteiger partial charge on any atom is 0.335 e. The Balaban J connectivity index is 1.02. The lowest BCUT2D eigenvalue weighted by atomic mass is 9.33. The zero-order chi connectivity index (χ0) is 56.4. The standard InChI is InChI=1S/C54H88O23/c1-22-31(59)34(62)38(66)45(70-22)77-43-40(74-46-39(67)35(63)32(60)25(19-55)71-46)33(61)26(20-56)72-48(43)76-42-37(65)36(64)41(44(68)69)75-47(42)73-30-12-13-52(6)27(49(30,2)3)11-14-54(8)28(52)10-9-23-24-17-50(4,21-57)18-29(58)51(24,5)15-16-53(23,54)7/h9,22,24-43,45-48,55-67H,10-21H2,1-8H3,(H,68,69)/t22-,24-,25+,26+,27-,28+,29+,30-,31-,32+,33-,34+,35-,36-,37-,38+,39+,40-,41-,42+,43+,45-,46-,47+,48-,50+,51+,52-,53+,54+/m0/s1. The number of aliphatic hydroxyl groups is 13. The molecule has 0 spiro atoms. The lowest BCUT2D eigenvalue weighted by Gasteiger charge is -2.71. The molecular weight excluding hydrogens is 1020 g/mol. The highest BCUT2D eigenvalue weighted by Crippen LogP contribution is 2.76. The molecule has 442 valence electrons. The number of allylic oxidation sites excluding steroid dienone is 2. The molecule has 0 radical (unpaired) electrons. The van der Waals surface area contributed by atoms with Crippen LogP contribution in [0.2, 0.25) is 0 Å². The molecular formula is C54H88O23. The SMILES string of the molecule is C[C@@H]1O[C@@H](O[C@H]2[C@H](O[C@H]3[C@H](O[C@H]4CC[C@]5(C)[C@H]6CC=C7[C@@H]8C[C@@](C)(CO)C[C@@H](O)[C@]8(C)CC[C@@]7(C)[C@]6(C)CC[C@H]5C4(C)C)O[C@H](C(=O)O)[C@@H](O)[C@@H]3O)O[C@H](CO)[C@H](O)[C@@H]2O[C@@H]2O[C@H](CO)[C@@H](O)[C@H](O)[C@H]2O)[C@H](O)[C@H](O)[C@H]1O. The van der Waals surface area contributed by atoms with Crippen LogP contribution in [0.1, 0.15) is 113 Å². The highest BCUT2D eigenvalue weighted by molar-refractivity contribution is 5.73. The van der Waals surface area contributed by atoms with Gasteiger partial charge in [-0.2, -0.15) is 0 Å². The van der Waals surface area contributed by atoms with Crippen LogP contribution in [-0.4, -0.2) is 232 Å². The van der Waals surface area contributed by atoms with E-state index >= 15 is 0 Å². The third kappa shape index (κ3) is 9.70. The summed E-state index contributed by atoms with van der Waals surface area (Å²) >= 11 is 0. The van der Waals surface area contributed by atoms with Crippen molar-refractivity contribution in [3.05, 3.63) is 11.6 Å². The predicted molar refractivity (Wildman–Crippen MR) is 263 cm³/mol. The fraction of sp³-hybridized carbons (Fsp3) is 0.944. The summed E-state index contributed by atoms with van der Waals surface area (Å²) in [5.74, 6) is -1.21. The van der Waals surface area contributed by atoms with Gasteiger partial charge in [0, 0.05) is 12.0 Å². The highest BCUT2D eigenvalue weighted by atomic mass is 16.8. The summed E-state index contributed by atoms with van der Waals surface area (Å²) in [7, 11) is 0. The summed E-state index contributed by atoms with van der Waals surface area (Å²) in [4.78, 5) is 12.7. The van der Waals surface area contributed by atoms with Gasteiger partial charge < -0.3 is 109 Å². The Morgan fingerprint density at radius 2 is 1.16 bits per heavy atom. The highest BCUT2D eigenvalue weighted by Gasteiger charge is 2.70. The van der Waals surface area contributed by atoms with E-state index in [1.54, 1.807) is 0 Å². The number of aliphatic hydroxyl groups excluding tert-OH is 13. The molecule has 9 aliphatic rings. The van der Waals surface area contributed by atoms with Crippen LogP contribution in [0.15, 0.2) is 11.6 Å².